The van der Waals surface area contributed by atoms with Gasteiger partial charge in [0.05, 0.1) is 0 Å². The summed E-state index contributed by atoms with van der Waals surface area (Å²) in [5, 5.41) is 8.65. The van der Waals surface area contributed by atoms with Crippen LogP contribution in [0.5, 0.6) is 0 Å². The van der Waals surface area contributed by atoms with E-state index in [2.05, 4.69) is 16.0 Å². The lowest BCUT2D eigenvalue weighted by Crippen LogP contribution is -2.30. The SMILES string of the molecule is Cc1ccc(NC(=O)C(Sc2ccc(NC(=O)/C(=C/c3ccccc3)NC(=O)c3ccccc3)cc2)c2ccccc2)cc1Cl. The van der Waals surface area contributed by atoms with Gasteiger partial charge in [0.2, 0.25) is 5.91 Å². The molecule has 3 N–H and O–H groups in total. The Morgan fingerprint density at radius 2 is 1.31 bits per heavy atom. The number of aryl methyl sites for hydroxylation is 1. The maximum atomic E-state index is 13.5. The first-order valence-electron chi connectivity index (χ1n) is 14.2. The summed E-state index contributed by atoms with van der Waals surface area (Å²) in [6.07, 6.45) is 1.63. The molecular weight excluding hydrogens is 602 g/mol. The molecule has 0 aliphatic heterocycles. The van der Waals surface area contributed by atoms with E-state index in [4.69, 9.17) is 11.6 Å². The molecule has 224 valence electrons. The van der Waals surface area contributed by atoms with E-state index in [9.17, 15) is 14.4 Å². The predicted octanol–water partition coefficient (Wildman–Crippen LogP) is 8.53. The summed E-state index contributed by atoms with van der Waals surface area (Å²) in [6, 6.07) is 40.2. The van der Waals surface area contributed by atoms with Crippen LogP contribution in [-0.4, -0.2) is 17.7 Å². The summed E-state index contributed by atoms with van der Waals surface area (Å²) in [6.45, 7) is 1.91. The molecule has 1 atom stereocenters. The second kappa shape index (κ2) is 15.1. The standard InChI is InChI=1S/C37H30ClN3O3S/c1-25-17-18-30(24-32(25)38)40-37(44)34(27-13-7-3-8-14-27)45-31-21-19-29(20-22-31)39-36(43)33(23-26-11-5-2-6-12-26)41-35(42)28-15-9-4-10-16-28/h2-24,34H,1H3,(H,39,43)(H,40,44)(H,41,42)/b33-23-. The van der Waals surface area contributed by atoms with Crippen LogP contribution in [-0.2, 0) is 9.59 Å². The van der Waals surface area contributed by atoms with E-state index in [0.717, 1.165) is 21.6 Å². The highest BCUT2D eigenvalue weighted by Gasteiger charge is 2.23. The van der Waals surface area contributed by atoms with Crippen molar-refractivity contribution in [2.45, 2.75) is 17.1 Å². The van der Waals surface area contributed by atoms with Crippen molar-refractivity contribution >= 4 is 58.5 Å². The molecule has 0 aromatic heterocycles. The molecule has 0 spiro atoms. The number of nitrogens with one attached hydrogen (secondary N) is 3. The Labute approximate surface area is 271 Å². The number of amides is 3. The molecule has 5 aromatic carbocycles. The minimum absolute atomic E-state index is 0.102. The Morgan fingerprint density at radius 1 is 0.711 bits per heavy atom. The van der Waals surface area contributed by atoms with E-state index in [1.165, 1.54) is 11.8 Å². The van der Waals surface area contributed by atoms with E-state index >= 15 is 0 Å². The van der Waals surface area contributed by atoms with Crippen molar-refractivity contribution in [1.29, 1.82) is 0 Å². The third kappa shape index (κ3) is 8.72. The van der Waals surface area contributed by atoms with Crippen LogP contribution in [0.4, 0.5) is 11.4 Å². The normalized spacial score (nSPS) is 11.7. The number of halogens is 1. The lowest BCUT2D eigenvalue weighted by molar-refractivity contribution is -0.116. The first kappa shape index (κ1) is 31.3. The Hall–Kier alpha value is -5.11. The summed E-state index contributed by atoms with van der Waals surface area (Å²) < 4.78 is 0. The predicted molar refractivity (Wildman–Crippen MR) is 183 cm³/mol. The Balaban J connectivity index is 1.31. The average molecular weight is 632 g/mol. The smallest absolute Gasteiger partial charge is 0.272 e. The quantitative estimate of drug-likeness (QED) is 0.106. The number of hydrogen-bond donors (Lipinski definition) is 3. The van der Waals surface area contributed by atoms with Gasteiger partial charge >= 0.3 is 0 Å². The molecule has 0 bridgehead atoms. The topological polar surface area (TPSA) is 87.3 Å². The highest BCUT2D eigenvalue weighted by atomic mass is 35.5. The summed E-state index contributed by atoms with van der Waals surface area (Å²) in [5.74, 6) is -1.05. The molecular formula is C37H30ClN3O3S. The molecule has 6 nitrogen and oxygen atoms in total. The number of anilines is 2. The van der Waals surface area contributed by atoms with E-state index in [1.54, 1.807) is 48.5 Å². The molecule has 0 heterocycles. The largest absolute Gasteiger partial charge is 0.325 e. The average Bonchev–Trinajstić information content (AvgIpc) is 3.07. The van der Waals surface area contributed by atoms with E-state index in [0.29, 0.717) is 22.0 Å². The molecule has 0 saturated heterocycles. The summed E-state index contributed by atoms with van der Waals surface area (Å²) in [5.41, 5.74) is 4.23. The monoisotopic (exact) mass is 631 g/mol. The van der Waals surface area contributed by atoms with Crippen LogP contribution in [0, 0.1) is 6.92 Å². The highest BCUT2D eigenvalue weighted by Crippen LogP contribution is 2.37. The second-order valence-electron chi connectivity index (χ2n) is 10.1. The van der Waals surface area contributed by atoms with Crippen molar-refractivity contribution in [1.82, 2.24) is 5.32 Å². The first-order chi connectivity index (χ1) is 21.9. The Morgan fingerprint density at radius 3 is 1.96 bits per heavy atom. The number of carbonyl (C=O) groups excluding carboxylic acids is 3. The molecule has 3 amide bonds. The third-order valence-electron chi connectivity index (χ3n) is 6.79. The molecule has 0 radical (unpaired) electrons. The zero-order chi connectivity index (χ0) is 31.6. The first-order valence-corrected chi connectivity index (χ1v) is 15.4. The van der Waals surface area contributed by atoms with Gasteiger partial charge in [-0.15, -0.1) is 11.8 Å². The number of carbonyl (C=O) groups is 3. The lowest BCUT2D eigenvalue weighted by Gasteiger charge is -2.18. The van der Waals surface area contributed by atoms with Gasteiger partial charge < -0.3 is 16.0 Å². The highest BCUT2D eigenvalue weighted by molar-refractivity contribution is 8.00. The molecule has 0 aliphatic rings. The van der Waals surface area contributed by atoms with E-state index in [-0.39, 0.29) is 11.6 Å². The van der Waals surface area contributed by atoms with Crippen LogP contribution in [0.3, 0.4) is 0 Å². The zero-order valence-electron chi connectivity index (χ0n) is 24.4. The van der Waals surface area contributed by atoms with Crippen LogP contribution in [0.2, 0.25) is 5.02 Å². The summed E-state index contributed by atoms with van der Waals surface area (Å²) >= 11 is 7.67. The molecule has 0 saturated carbocycles. The maximum absolute atomic E-state index is 13.5. The van der Waals surface area contributed by atoms with Gasteiger partial charge in [0.1, 0.15) is 10.9 Å². The van der Waals surface area contributed by atoms with Gasteiger partial charge in [-0.25, -0.2) is 0 Å². The summed E-state index contributed by atoms with van der Waals surface area (Å²) in [7, 11) is 0. The van der Waals surface area contributed by atoms with Gasteiger partial charge in [-0.3, -0.25) is 14.4 Å². The van der Waals surface area contributed by atoms with Crippen LogP contribution < -0.4 is 16.0 Å². The summed E-state index contributed by atoms with van der Waals surface area (Å²) in [4.78, 5) is 40.6. The van der Waals surface area contributed by atoms with Crippen molar-refractivity contribution in [3.63, 3.8) is 0 Å². The van der Waals surface area contributed by atoms with Crippen molar-refractivity contribution in [2.75, 3.05) is 10.6 Å². The zero-order valence-corrected chi connectivity index (χ0v) is 25.9. The molecule has 1 unspecified atom stereocenters. The maximum Gasteiger partial charge on any atom is 0.272 e. The lowest BCUT2D eigenvalue weighted by atomic mass is 10.1. The molecule has 0 fully saturated rings. The molecule has 45 heavy (non-hydrogen) atoms. The minimum atomic E-state index is -0.541. The van der Waals surface area contributed by atoms with Gasteiger partial charge in [-0.05, 0) is 78.2 Å². The van der Waals surface area contributed by atoms with E-state index in [1.807, 2.05) is 97.9 Å². The van der Waals surface area contributed by atoms with Gasteiger partial charge in [-0.1, -0.05) is 96.5 Å². The molecule has 5 rings (SSSR count). The number of thioether (sulfide) groups is 1. The van der Waals surface area contributed by atoms with Crippen LogP contribution in [0.1, 0.15) is 32.3 Å². The van der Waals surface area contributed by atoms with Gasteiger partial charge in [0, 0.05) is 26.9 Å². The fourth-order valence-corrected chi connectivity index (χ4v) is 5.59. The van der Waals surface area contributed by atoms with Crippen molar-refractivity contribution < 1.29 is 14.4 Å². The number of hydrogen-bond acceptors (Lipinski definition) is 4. The molecule has 5 aromatic rings. The van der Waals surface area contributed by atoms with E-state index < -0.39 is 17.1 Å². The fraction of sp³-hybridized carbons (Fsp3) is 0.0541. The number of benzene rings is 5. The second-order valence-corrected chi connectivity index (χ2v) is 11.7. The Kier molecular flexibility index (Phi) is 10.5. The molecule has 8 heteroatoms. The van der Waals surface area contributed by atoms with Crippen molar-refractivity contribution in [3.8, 4) is 0 Å². The number of rotatable bonds is 10. The van der Waals surface area contributed by atoms with Crippen LogP contribution >= 0.6 is 23.4 Å². The van der Waals surface area contributed by atoms with Crippen molar-refractivity contribution in [2.24, 2.45) is 0 Å². The van der Waals surface area contributed by atoms with Gasteiger partial charge in [0.25, 0.3) is 11.8 Å². The third-order valence-corrected chi connectivity index (χ3v) is 8.46. The minimum Gasteiger partial charge on any atom is -0.325 e. The Bertz CT molecular complexity index is 1810. The molecule has 0 aliphatic carbocycles. The fourth-order valence-electron chi connectivity index (χ4n) is 4.39. The van der Waals surface area contributed by atoms with Gasteiger partial charge in [0.15, 0.2) is 0 Å². The van der Waals surface area contributed by atoms with Crippen molar-refractivity contribution in [3.05, 3.63) is 166 Å². The van der Waals surface area contributed by atoms with Crippen LogP contribution in [0.15, 0.2) is 144 Å². The van der Waals surface area contributed by atoms with Crippen LogP contribution in [0.25, 0.3) is 6.08 Å². The van der Waals surface area contributed by atoms with Gasteiger partial charge in [-0.2, -0.15) is 0 Å².